The van der Waals surface area contributed by atoms with Gasteiger partial charge in [0.1, 0.15) is 17.7 Å². The van der Waals surface area contributed by atoms with Crippen LogP contribution in [-0.2, 0) is 23.1 Å². The third kappa shape index (κ3) is 4.19. The average Bonchev–Trinajstić information content (AvgIpc) is 3.21. The van der Waals surface area contributed by atoms with E-state index in [2.05, 4.69) is 10.4 Å². The Morgan fingerprint density at radius 1 is 1.23 bits per heavy atom. The molecule has 0 spiro atoms. The van der Waals surface area contributed by atoms with Gasteiger partial charge in [0.2, 0.25) is 0 Å². The minimum absolute atomic E-state index is 0.0164. The van der Waals surface area contributed by atoms with Gasteiger partial charge in [-0.3, -0.25) is 10.2 Å². The minimum Gasteiger partial charge on any atom is -0.326 e. The molecule has 31 heavy (non-hydrogen) atoms. The Kier molecular flexibility index (Phi) is 5.35. The molecule has 4 rings (SSSR count). The number of hydrogen-bond donors (Lipinski definition) is 2. The first-order valence-electron chi connectivity index (χ1n) is 9.40. The maximum atomic E-state index is 14.2. The lowest BCUT2D eigenvalue weighted by Crippen LogP contribution is -2.64. The number of piperidine rings is 1. The minimum atomic E-state index is -4.68. The normalized spacial score (nSPS) is 27.5. The topological polar surface area (TPSA) is 93.2 Å². The molecule has 1 aromatic heterocycles. The number of halogens is 5. The Bertz CT molecular complexity index is 1080. The van der Waals surface area contributed by atoms with E-state index >= 15 is 0 Å². The highest BCUT2D eigenvalue weighted by Gasteiger charge is 2.52. The highest BCUT2D eigenvalue weighted by molar-refractivity contribution is 7.89. The Balaban J connectivity index is 1.60. The lowest BCUT2D eigenvalue weighted by atomic mass is 9.85. The third-order valence-electron chi connectivity index (χ3n) is 5.72. The molecule has 3 heterocycles. The summed E-state index contributed by atoms with van der Waals surface area (Å²) in [4.78, 5) is 1.52. The molecule has 1 fully saturated rings. The van der Waals surface area contributed by atoms with E-state index in [1.54, 1.807) is 0 Å². The van der Waals surface area contributed by atoms with Crippen molar-refractivity contribution in [2.45, 2.75) is 49.9 Å². The van der Waals surface area contributed by atoms with Gasteiger partial charge in [-0.2, -0.15) is 22.4 Å². The summed E-state index contributed by atoms with van der Waals surface area (Å²) in [6.45, 7) is 0.0813. The Morgan fingerprint density at radius 3 is 2.55 bits per heavy atom. The predicted octanol–water partition coefficient (Wildman–Crippen LogP) is 1.65. The Morgan fingerprint density at radius 2 is 1.94 bits per heavy atom. The molecular weight excluding hydrogens is 445 g/mol. The predicted molar refractivity (Wildman–Crippen MR) is 100 cm³/mol. The summed E-state index contributed by atoms with van der Waals surface area (Å²) in [5, 5.41) is 6.35. The van der Waals surface area contributed by atoms with Gasteiger partial charge in [0.15, 0.2) is 0 Å². The van der Waals surface area contributed by atoms with Crippen LogP contribution in [0.15, 0.2) is 24.4 Å². The molecule has 0 aliphatic carbocycles. The van der Waals surface area contributed by atoms with Crippen molar-refractivity contribution in [2.75, 3.05) is 6.26 Å². The molecule has 2 aliphatic rings. The molecular formula is C18H20F5N5O2S. The molecule has 2 aromatic rings. The van der Waals surface area contributed by atoms with Crippen LogP contribution in [0.4, 0.5) is 22.0 Å². The first kappa shape index (κ1) is 22.1. The molecule has 1 aromatic carbocycles. The number of nitrogens with two attached hydrogens (primary N) is 1. The van der Waals surface area contributed by atoms with Crippen LogP contribution < -0.4 is 11.1 Å². The van der Waals surface area contributed by atoms with E-state index in [0.29, 0.717) is 11.3 Å². The van der Waals surface area contributed by atoms with Crippen molar-refractivity contribution < 1.29 is 30.4 Å². The van der Waals surface area contributed by atoms with E-state index in [1.807, 2.05) is 0 Å². The number of rotatable bonds is 3. The van der Waals surface area contributed by atoms with E-state index in [9.17, 15) is 30.4 Å². The van der Waals surface area contributed by atoms with Crippen LogP contribution in [0.2, 0.25) is 0 Å². The number of aromatic nitrogens is 2. The van der Waals surface area contributed by atoms with Crippen molar-refractivity contribution in [1.82, 2.24) is 19.4 Å². The van der Waals surface area contributed by atoms with Gasteiger partial charge in [0.05, 0.1) is 18.0 Å². The number of alkyl halides is 3. The van der Waals surface area contributed by atoms with Crippen molar-refractivity contribution in [1.29, 1.82) is 0 Å². The van der Waals surface area contributed by atoms with Crippen molar-refractivity contribution in [3.63, 3.8) is 0 Å². The zero-order valence-corrected chi connectivity index (χ0v) is 17.1. The van der Waals surface area contributed by atoms with Gasteiger partial charge in [0.25, 0.3) is 10.0 Å². The lowest BCUT2D eigenvalue weighted by molar-refractivity contribution is -0.181. The molecule has 0 bridgehead atoms. The first-order valence-corrected chi connectivity index (χ1v) is 11.2. The molecule has 0 unspecified atom stereocenters. The Labute approximate surface area is 175 Å². The fourth-order valence-electron chi connectivity index (χ4n) is 4.28. The Hall–Kier alpha value is -2.09. The number of benzene rings is 1. The average molecular weight is 465 g/mol. The quantitative estimate of drug-likeness (QED) is 0.670. The number of fused-ring (bicyclic) bond motifs is 1. The zero-order valence-electron chi connectivity index (χ0n) is 16.3. The van der Waals surface area contributed by atoms with Gasteiger partial charge in [-0.05, 0) is 24.6 Å². The standard InChI is InChI=1S/C18H20F5N5O2S/c1-31(29,30)28-7-9-6-27(8-14(9)26-28)15-5-13(24)16(25-17(15)18(21,22)23)11-4-10(19)2-3-12(11)20/h2-4,7,13,15-17,25H,5-6,8,24H2,1H3/t13-,15+,16+,17-/m0/s1. The van der Waals surface area contributed by atoms with Crippen LogP contribution in [-0.4, -0.2) is 53.1 Å². The summed E-state index contributed by atoms with van der Waals surface area (Å²) in [5.41, 5.74) is 6.74. The fourth-order valence-corrected chi connectivity index (χ4v) is 4.85. The smallest absolute Gasteiger partial charge is 0.326 e. The van der Waals surface area contributed by atoms with Gasteiger partial charge < -0.3 is 5.73 Å². The first-order chi connectivity index (χ1) is 14.3. The van der Waals surface area contributed by atoms with Crippen molar-refractivity contribution in [2.24, 2.45) is 5.73 Å². The van der Waals surface area contributed by atoms with Gasteiger partial charge >= 0.3 is 6.18 Å². The van der Waals surface area contributed by atoms with E-state index in [-0.39, 0.29) is 25.1 Å². The fraction of sp³-hybridized carbons (Fsp3) is 0.500. The molecule has 170 valence electrons. The monoisotopic (exact) mass is 465 g/mol. The van der Waals surface area contributed by atoms with Crippen LogP contribution in [0.5, 0.6) is 0 Å². The molecule has 1 saturated heterocycles. The van der Waals surface area contributed by atoms with Gasteiger partial charge in [-0.15, -0.1) is 0 Å². The molecule has 2 aliphatic heterocycles. The van der Waals surface area contributed by atoms with Crippen LogP contribution in [0, 0.1) is 11.6 Å². The van der Waals surface area contributed by atoms with Gasteiger partial charge in [0, 0.05) is 42.5 Å². The molecule has 7 nitrogen and oxygen atoms in total. The molecule has 0 saturated carbocycles. The lowest BCUT2D eigenvalue weighted by Gasteiger charge is -2.45. The van der Waals surface area contributed by atoms with Crippen molar-refractivity contribution >= 4 is 10.0 Å². The van der Waals surface area contributed by atoms with E-state index in [1.165, 1.54) is 11.1 Å². The zero-order chi connectivity index (χ0) is 22.7. The SMILES string of the molecule is CS(=O)(=O)n1cc2c(n1)CN([C@@H]1C[C@H](N)[C@@H](c3cc(F)ccc3F)N[C@@H]1C(F)(F)F)C2. The molecule has 3 N–H and O–H groups in total. The van der Waals surface area contributed by atoms with Crippen molar-refractivity contribution in [3.05, 3.63) is 52.9 Å². The maximum Gasteiger partial charge on any atom is 0.405 e. The van der Waals surface area contributed by atoms with Crippen LogP contribution in [0.3, 0.4) is 0 Å². The van der Waals surface area contributed by atoms with Crippen LogP contribution in [0.1, 0.15) is 29.3 Å². The van der Waals surface area contributed by atoms with Crippen LogP contribution in [0.25, 0.3) is 0 Å². The van der Waals surface area contributed by atoms with E-state index in [0.717, 1.165) is 28.5 Å². The van der Waals surface area contributed by atoms with E-state index < -0.39 is 52.0 Å². The van der Waals surface area contributed by atoms with E-state index in [4.69, 9.17) is 5.73 Å². The number of nitrogens with one attached hydrogen (secondary N) is 1. The summed E-state index contributed by atoms with van der Waals surface area (Å²) >= 11 is 0. The second-order valence-electron chi connectivity index (χ2n) is 7.94. The maximum absolute atomic E-state index is 14.2. The van der Waals surface area contributed by atoms with Gasteiger partial charge in [-0.1, -0.05) is 0 Å². The summed E-state index contributed by atoms with van der Waals surface area (Å²) in [6, 6.07) is -2.70. The summed E-state index contributed by atoms with van der Waals surface area (Å²) in [5.74, 6) is -1.62. The largest absolute Gasteiger partial charge is 0.405 e. The second-order valence-corrected chi connectivity index (χ2v) is 9.78. The highest BCUT2D eigenvalue weighted by atomic mass is 32.2. The molecule has 4 atom stereocenters. The third-order valence-corrected chi connectivity index (χ3v) is 6.59. The highest BCUT2D eigenvalue weighted by Crippen LogP contribution is 2.38. The molecule has 13 heteroatoms. The summed E-state index contributed by atoms with van der Waals surface area (Å²) < 4.78 is 93.6. The second kappa shape index (κ2) is 7.50. The summed E-state index contributed by atoms with van der Waals surface area (Å²) in [7, 11) is -3.60. The van der Waals surface area contributed by atoms with Gasteiger partial charge in [-0.25, -0.2) is 17.2 Å². The summed E-state index contributed by atoms with van der Waals surface area (Å²) in [6.07, 6.45) is -2.55. The molecule has 0 amide bonds. The van der Waals surface area contributed by atoms with Crippen molar-refractivity contribution in [3.8, 4) is 0 Å². The van der Waals surface area contributed by atoms with Crippen LogP contribution >= 0.6 is 0 Å². The molecule has 0 radical (unpaired) electrons. The number of hydrogen-bond acceptors (Lipinski definition) is 6. The number of nitrogens with zero attached hydrogens (tertiary/aromatic N) is 3.